The molecule has 0 atom stereocenters. The molecule has 4 aromatic carbocycles. The van der Waals surface area contributed by atoms with Crippen molar-refractivity contribution in [1.82, 2.24) is 0 Å². The van der Waals surface area contributed by atoms with Crippen molar-refractivity contribution in [3.8, 4) is 22.6 Å². The molecule has 0 saturated carbocycles. The number of benzene rings is 4. The van der Waals surface area contributed by atoms with Crippen LogP contribution in [0.4, 0.5) is 5.69 Å². The van der Waals surface area contributed by atoms with E-state index in [1.165, 1.54) is 7.11 Å². The zero-order chi connectivity index (χ0) is 24.6. The van der Waals surface area contributed by atoms with Gasteiger partial charge in [0.15, 0.2) is 0 Å². The van der Waals surface area contributed by atoms with E-state index in [4.69, 9.17) is 14.2 Å². The maximum atomic E-state index is 12.9. The van der Waals surface area contributed by atoms with Crippen LogP contribution in [0.2, 0.25) is 0 Å². The van der Waals surface area contributed by atoms with Gasteiger partial charge in [-0.05, 0) is 53.6 Å². The summed E-state index contributed by atoms with van der Waals surface area (Å²) in [5.41, 5.74) is 4.00. The number of ether oxygens (including phenoxy) is 3. The molecule has 0 aliphatic heterocycles. The molecule has 0 bridgehead atoms. The van der Waals surface area contributed by atoms with Gasteiger partial charge in [-0.1, -0.05) is 54.6 Å². The van der Waals surface area contributed by atoms with Crippen LogP contribution >= 0.6 is 0 Å². The molecule has 176 valence electrons. The lowest BCUT2D eigenvalue weighted by atomic mass is 10.1. The van der Waals surface area contributed by atoms with E-state index in [0.29, 0.717) is 28.3 Å². The highest BCUT2D eigenvalue weighted by atomic mass is 16.5. The van der Waals surface area contributed by atoms with Crippen molar-refractivity contribution in [2.75, 3.05) is 19.5 Å². The molecular weight excluding hydrogens is 442 g/mol. The highest BCUT2D eigenvalue weighted by Crippen LogP contribution is 2.26. The first-order chi connectivity index (χ1) is 17.1. The SMILES string of the molecule is COC(=O)c1ccccc1NC(=O)c1ccc(OC)c(COc2ccc(-c3ccccc3)cc2)c1. The number of hydrogen-bond acceptors (Lipinski definition) is 5. The fourth-order valence-corrected chi connectivity index (χ4v) is 3.64. The van der Waals surface area contributed by atoms with Crippen LogP contribution in [0, 0.1) is 0 Å². The van der Waals surface area contributed by atoms with E-state index in [1.807, 2.05) is 42.5 Å². The third-order valence-corrected chi connectivity index (χ3v) is 5.48. The van der Waals surface area contributed by atoms with Crippen LogP contribution in [-0.4, -0.2) is 26.1 Å². The van der Waals surface area contributed by atoms with Crippen LogP contribution in [0.3, 0.4) is 0 Å². The van der Waals surface area contributed by atoms with Crippen molar-refractivity contribution in [3.63, 3.8) is 0 Å². The van der Waals surface area contributed by atoms with Crippen LogP contribution < -0.4 is 14.8 Å². The van der Waals surface area contributed by atoms with E-state index >= 15 is 0 Å². The highest BCUT2D eigenvalue weighted by molar-refractivity contribution is 6.08. The maximum absolute atomic E-state index is 12.9. The van der Waals surface area contributed by atoms with Gasteiger partial charge in [0.05, 0.1) is 25.5 Å². The van der Waals surface area contributed by atoms with E-state index < -0.39 is 5.97 Å². The van der Waals surface area contributed by atoms with E-state index in [0.717, 1.165) is 11.1 Å². The maximum Gasteiger partial charge on any atom is 0.339 e. The molecule has 0 aliphatic rings. The smallest absolute Gasteiger partial charge is 0.339 e. The minimum Gasteiger partial charge on any atom is -0.496 e. The van der Waals surface area contributed by atoms with Crippen LogP contribution in [0.25, 0.3) is 11.1 Å². The molecule has 4 aromatic rings. The molecule has 0 saturated heterocycles. The highest BCUT2D eigenvalue weighted by Gasteiger charge is 2.16. The average Bonchev–Trinajstić information content (AvgIpc) is 2.92. The fourth-order valence-electron chi connectivity index (χ4n) is 3.64. The number of para-hydroxylation sites is 1. The van der Waals surface area contributed by atoms with Crippen molar-refractivity contribution in [2.24, 2.45) is 0 Å². The lowest BCUT2D eigenvalue weighted by Crippen LogP contribution is -2.16. The standard InChI is InChI=1S/C29H25NO5/c1-33-27-17-14-22(28(31)30-26-11-7-6-10-25(26)29(32)34-2)18-23(27)19-35-24-15-12-21(13-16-24)20-8-4-3-5-9-20/h3-18H,19H2,1-2H3,(H,30,31). The summed E-state index contributed by atoms with van der Waals surface area (Å²) in [7, 11) is 2.87. The fraction of sp³-hybridized carbons (Fsp3) is 0.103. The molecule has 0 fully saturated rings. The topological polar surface area (TPSA) is 73.9 Å². The Morgan fingerprint density at radius 3 is 2.17 bits per heavy atom. The van der Waals surface area contributed by atoms with Crippen LogP contribution in [0.1, 0.15) is 26.3 Å². The summed E-state index contributed by atoms with van der Waals surface area (Å²) < 4.78 is 16.2. The minimum atomic E-state index is -0.525. The summed E-state index contributed by atoms with van der Waals surface area (Å²) in [5, 5.41) is 2.78. The molecule has 0 spiro atoms. The number of carbonyl (C=O) groups excluding carboxylic acids is 2. The lowest BCUT2D eigenvalue weighted by Gasteiger charge is -2.13. The number of nitrogens with one attached hydrogen (secondary N) is 1. The Morgan fingerprint density at radius 1 is 0.771 bits per heavy atom. The molecule has 1 amide bonds. The first-order valence-electron chi connectivity index (χ1n) is 11.0. The second kappa shape index (κ2) is 11.0. The normalized spacial score (nSPS) is 10.3. The summed E-state index contributed by atoms with van der Waals surface area (Å²) in [4.78, 5) is 24.9. The molecule has 6 heteroatoms. The zero-order valence-electron chi connectivity index (χ0n) is 19.5. The first kappa shape index (κ1) is 23.6. The van der Waals surface area contributed by atoms with E-state index in [9.17, 15) is 9.59 Å². The van der Waals surface area contributed by atoms with Crippen molar-refractivity contribution < 1.29 is 23.8 Å². The van der Waals surface area contributed by atoms with Gasteiger partial charge in [0.1, 0.15) is 18.1 Å². The molecule has 0 unspecified atom stereocenters. The van der Waals surface area contributed by atoms with Gasteiger partial charge >= 0.3 is 5.97 Å². The number of hydrogen-bond donors (Lipinski definition) is 1. The Bertz CT molecular complexity index is 1320. The predicted molar refractivity (Wildman–Crippen MR) is 135 cm³/mol. The van der Waals surface area contributed by atoms with Gasteiger partial charge in [-0.25, -0.2) is 4.79 Å². The number of rotatable bonds is 8. The molecule has 0 aromatic heterocycles. The molecule has 0 radical (unpaired) electrons. The van der Waals surface area contributed by atoms with E-state index in [2.05, 4.69) is 17.4 Å². The number of anilines is 1. The number of methoxy groups -OCH3 is 2. The Balaban J connectivity index is 1.48. The number of carbonyl (C=O) groups is 2. The monoisotopic (exact) mass is 467 g/mol. The minimum absolute atomic E-state index is 0.216. The number of esters is 1. The molecule has 6 nitrogen and oxygen atoms in total. The Labute approximate surface area is 204 Å². The first-order valence-corrected chi connectivity index (χ1v) is 11.0. The van der Waals surface area contributed by atoms with Gasteiger partial charge in [-0.15, -0.1) is 0 Å². The summed E-state index contributed by atoms with van der Waals surface area (Å²) >= 11 is 0. The van der Waals surface area contributed by atoms with E-state index in [-0.39, 0.29) is 18.1 Å². The van der Waals surface area contributed by atoms with Gasteiger partial charge < -0.3 is 19.5 Å². The summed E-state index contributed by atoms with van der Waals surface area (Å²) in [6, 6.07) is 29.7. The van der Waals surface area contributed by atoms with Crippen LogP contribution in [0.15, 0.2) is 97.1 Å². The summed E-state index contributed by atoms with van der Waals surface area (Å²) in [6.07, 6.45) is 0. The van der Waals surface area contributed by atoms with Gasteiger partial charge in [-0.2, -0.15) is 0 Å². The quantitative estimate of drug-likeness (QED) is 0.323. The third kappa shape index (κ3) is 5.68. The Hall–Kier alpha value is -4.58. The van der Waals surface area contributed by atoms with Crippen LogP contribution in [-0.2, 0) is 11.3 Å². The van der Waals surface area contributed by atoms with Gasteiger partial charge in [0.25, 0.3) is 5.91 Å². The van der Waals surface area contributed by atoms with Gasteiger partial charge in [-0.3, -0.25) is 4.79 Å². The summed E-state index contributed by atoms with van der Waals surface area (Å²) in [5.74, 6) is 0.423. The Kier molecular flexibility index (Phi) is 7.43. The molecule has 0 heterocycles. The van der Waals surface area contributed by atoms with Gasteiger partial charge in [0.2, 0.25) is 0 Å². The lowest BCUT2D eigenvalue weighted by molar-refractivity contribution is 0.0602. The van der Waals surface area contributed by atoms with E-state index in [1.54, 1.807) is 49.6 Å². The van der Waals surface area contributed by atoms with Crippen molar-refractivity contribution in [2.45, 2.75) is 6.61 Å². The molecule has 35 heavy (non-hydrogen) atoms. The Morgan fingerprint density at radius 2 is 1.46 bits per heavy atom. The zero-order valence-corrected chi connectivity index (χ0v) is 19.5. The van der Waals surface area contributed by atoms with Gasteiger partial charge in [0, 0.05) is 11.1 Å². The largest absolute Gasteiger partial charge is 0.496 e. The second-order valence-corrected chi connectivity index (χ2v) is 7.70. The third-order valence-electron chi connectivity index (χ3n) is 5.48. The summed E-state index contributed by atoms with van der Waals surface area (Å²) in [6.45, 7) is 0.216. The molecule has 0 aliphatic carbocycles. The second-order valence-electron chi connectivity index (χ2n) is 7.70. The average molecular weight is 468 g/mol. The molecular formula is C29H25NO5. The van der Waals surface area contributed by atoms with Crippen molar-refractivity contribution in [1.29, 1.82) is 0 Å². The molecule has 1 N–H and O–H groups in total. The number of amides is 1. The molecule has 4 rings (SSSR count). The van der Waals surface area contributed by atoms with Crippen LogP contribution in [0.5, 0.6) is 11.5 Å². The van der Waals surface area contributed by atoms with Crippen molar-refractivity contribution in [3.05, 3.63) is 114 Å². The van der Waals surface area contributed by atoms with Crippen molar-refractivity contribution >= 4 is 17.6 Å². The predicted octanol–water partition coefficient (Wildman–Crippen LogP) is 5.98.